The smallest absolute Gasteiger partial charge is 0.224 e. The van der Waals surface area contributed by atoms with E-state index in [1.54, 1.807) is 24.0 Å². The zero-order valence-electron chi connectivity index (χ0n) is 12.6. The molecule has 1 fully saturated rings. The van der Waals surface area contributed by atoms with Crippen molar-refractivity contribution in [1.82, 2.24) is 9.88 Å². The number of aromatic nitrogens is 1. The van der Waals surface area contributed by atoms with Gasteiger partial charge in [0.25, 0.3) is 0 Å². The van der Waals surface area contributed by atoms with Gasteiger partial charge in [-0.25, -0.2) is 9.98 Å². The van der Waals surface area contributed by atoms with E-state index >= 15 is 0 Å². The third kappa shape index (κ3) is 3.74. The molecule has 0 unspecified atom stereocenters. The Morgan fingerprint density at radius 3 is 2.91 bits per heavy atom. The minimum Gasteiger partial charge on any atom is -0.300 e. The number of amidine groups is 1. The topological polar surface area (TPSA) is 45.6 Å². The maximum Gasteiger partial charge on any atom is 0.224 e. The van der Waals surface area contributed by atoms with Crippen LogP contribution in [0.25, 0.3) is 11.3 Å². The summed E-state index contributed by atoms with van der Waals surface area (Å²) in [5, 5.41) is 3.70. The summed E-state index contributed by atoms with van der Waals surface area (Å²) in [6.45, 7) is 2.30. The molecular weight excluding hydrogens is 353 g/mol. The zero-order chi connectivity index (χ0) is 16.4. The van der Waals surface area contributed by atoms with E-state index < -0.39 is 0 Å². The Balaban J connectivity index is 1.89. The maximum absolute atomic E-state index is 11.7. The van der Waals surface area contributed by atoms with Crippen LogP contribution in [0.3, 0.4) is 0 Å². The number of hydrogen-bond acceptors (Lipinski definition) is 4. The standard InChI is InChI=1S/C16H15Cl2N3OS/c1-10(22)21-7-3-2-4-15(21)20-16-19-14(9-23-16)12-6-5-11(17)8-13(12)18/h5-6,8-9H,2-4,7H2,1H3/b20-15+. The Kier molecular flexibility index (Phi) is 4.99. The number of hydrogen-bond donors (Lipinski definition) is 0. The average molecular weight is 368 g/mol. The Bertz CT molecular complexity index is 772. The van der Waals surface area contributed by atoms with Gasteiger partial charge in [0.05, 0.1) is 10.7 Å². The predicted molar refractivity (Wildman–Crippen MR) is 95.9 cm³/mol. The van der Waals surface area contributed by atoms with Crippen molar-refractivity contribution in [2.75, 3.05) is 6.54 Å². The van der Waals surface area contributed by atoms with E-state index in [1.807, 2.05) is 11.4 Å². The third-order valence-corrected chi connectivity index (χ3v) is 4.93. The zero-order valence-corrected chi connectivity index (χ0v) is 14.9. The number of piperidine rings is 1. The summed E-state index contributed by atoms with van der Waals surface area (Å²) in [6.07, 6.45) is 2.86. The van der Waals surface area contributed by atoms with Gasteiger partial charge in [0.2, 0.25) is 11.0 Å². The lowest BCUT2D eigenvalue weighted by atomic mass is 10.1. The van der Waals surface area contributed by atoms with Crippen LogP contribution in [-0.2, 0) is 4.79 Å². The second-order valence-corrected chi connectivity index (χ2v) is 6.98. The first-order valence-electron chi connectivity index (χ1n) is 7.31. The Morgan fingerprint density at radius 2 is 2.17 bits per heavy atom. The predicted octanol–water partition coefficient (Wildman–Crippen LogP) is 5.18. The van der Waals surface area contributed by atoms with Gasteiger partial charge in [0.15, 0.2) is 0 Å². The Hall–Kier alpha value is -1.43. The van der Waals surface area contributed by atoms with Crippen molar-refractivity contribution in [2.24, 2.45) is 4.99 Å². The lowest BCUT2D eigenvalue weighted by molar-refractivity contribution is -0.125. The molecule has 2 aromatic rings. The lowest BCUT2D eigenvalue weighted by Crippen LogP contribution is -2.38. The van der Waals surface area contributed by atoms with Gasteiger partial charge in [-0.15, -0.1) is 11.3 Å². The van der Waals surface area contributed by atoms with Gasteiger partial charge < -0.3 is 4.90 Å². The molecule has 0 bridgehead atoms. The first kappa shape index (κ1) is 16.4. The summed E-state index contributed by atoms with van der Waals surface area (Å²) >= 11 is 13.6. The number of benzene rings is 1. The highest BCUT2D eigenvalue weighted by Crippen LogP contribution is 2.33. The molecule has 3 rings (SSSR count). The van der Waals surface area contributed by atoms with Crippen LogP contribution in [-0.4, -0.2) is 28.2 Å². The van der Waals surface area contributed by atoms with E-state index in [0.717, 1.165) is 42.9 Å². The van der Waals surface area contributed by atoms with Gasteiger partial charge in [0.1, 0.15) is 5.84 Å². The summed E-state index contributed by atoms with van der Waals surface area (Å²) < 4.78 is 0. The van der Waals surface area contributed by atoms with E-state index in [1.165, 1.54) is 11.3 Å². The van der Waals surface area contributed by atoms with Crippen molar-refractivity contribution in [3.05, 3.63) is 33.6 Å². The van der Waals surface area contributed by atoms with Gasteiger partial charge in [-0.2, -0.15) is 0 Å². The quantitative estimate of drug-likeness (QED) is 0.733. The molecule has 0 N–H and O–H groups in total. The number of rotatable bonds is 2. The van der Waals surface area contributed by atoms with Crippen LogP contribution in [0.15, 0.2) is 28.6 Å². The fraction of sp³-hybridized carbons (Fsp3) is 0.312. The first-order valence-corrected chi connectivity index (χ1v) is 8.95. The number of likely N-dealkylation sites (tertiary alicyclic amines) is 1. The molecule has 7 heteroatoms. The molecule has 0 saturated carbocycles. The Morgan fingerprint density at radius 1 is 1.35 bits per heavy atom. The largest absolute Gasteiger partial charge is 0.300 e. The molecule has 0 radical (unpaired) electrons. The lowest BCUT2D eigenvalue weighted by Gasteiger charge is -2.26. The van der Waals surface area contributed by atoms with Crippen LogP contribution in [0.4, 0.5) is 5.13 Å². The molecule has 1 amide bonds. The highest BCUT2D eigenvalue weighted by atomic mass is 35.5. The molecule has 2 heterocycles. The number of carbonyl (C=O) groups excluding carboxylic acids is 1. The van der Waals surface area contributed by atoms with Gasteiger partial charge in [-0.1, -0.05) is 23.2 Å². The fourth-order valence-corrected chi connectivity index (χ4v) is 3.73. The molecule has 0 atom stereocenters. The van der Waals surface area contributed by atoms with Crippen LogP contribution in [0.2, 0.25) is 10.0 Å². The molecule has 1 aliphatic heterocycles. The SMILES string of the molecule is CC(=O)N1CCCC/C1=N\c1nc(-c2ccc(Cl)cc2Cl)cs1. The average Bonchev–Trinajstić information content (AvgIpc) is 2.96. The highest BCUT2D eigenvalue weighted by Gasteiger charge is 2.20. The first-order chi connectivity index (χ1) is 11.0. The van der Waals surface area contributed by atoms with Crippen molar-refractivity contribution in [3.63, 3.8) is 0 Å². The van der Waals surface area contributed by atoms with Crippen LogP contribution in [0.5, 0.6) is 0 Å². The number of nitrogens with zero attached hydrogens (tertiary/aromatic N) is 3. The van der Waals surface area contributed by atoms with Crippen LogP contribution in [0, 0.1) is 0 Å². The van der Waals surface area contributed by atoms with Crippen LogP contribution < -0.4 is 0 Å². The number of carbonyl (C=O) groups is 1. The minimum absolute atomic E-state index is 0.0287. The van der Waals surface area contributed by atoms with E-state index in [2.05, 4.69) is 9.98 Å². The van der Waals surface area contributed by atoms with Gasteiger partial charge >= 0.3 is 0 Å². The van der Waals surface area contributed by atoms with Gasteiger partial charge in [-0.05, 0) is 31.0 Å². The molecule has 1 aliphatic rings. The number of thiazole rings is 1. The number of halogens is 2. The summed E-state index contributed by atoms with van der Waals surface area (Å²) in [7, 11) is 0. The van der Waals surface area contributed by atoms with Crippen molar-refractivity contribution in [3.8, 4) is 11.3 Å². The van der Waals surface area contributed by atoms with Crippen molar-refractivity contribution < 1.29 is 4.79 Å². The van der Waals surface area contributed by atoms with E-state index in [9.17, 15) is 4.79 Å². The normalized spacial score (nSPS) is 16.8. The monoisotopic (exact) mass is 367 g/mol. The molecule has 1 aromatic carbocycles. The number of aliphatic imine (C=N–C) groups is 1. The molecule has 1 aromatic heterocycles. The highest BCUT2D eigenvalue weighted by molar-refractivity contribution is 7.13. The molecule has 1 saturated heterocycles. The summed E-state index contributed by atoms with van der Waals surface area (Å²) in [4.78, 5) is 22.5. The van der Waals surface area contributed by atoms with Crippen LogP contribution in [0.1, 0.15) is 26.2 Å². The Labute approximate surface area is 148 Å². The molecule has 0 spiro atoms. The van der Waals surface area contributed by atoms with Gasteiger partial charge in [0, 0.05) is 35.9 Å². The number of amides is 1. The van der Waals surface area contributed by atoms with Crippen LogP contribution >= 0.6 is 34.5 Å². The van der Waals surface area contributed by atoms with E-state index in [0.29, 0.717) is 15.2 Å². The molecule has 23 heavy (non-hydrogen) atoms. The second-order valence-electron chi connectivity index (χ2n) is 5.30. The van der Waals surface area contributed by atoms with Crippen molar-refractivity contribution in [2.45, 2.75) is 26.2 Å². The maximum atomic E-state index is 11.7. The summed E-state index contributed by atoms with van der Waals surface area (Å²) in [6, 6.07) is 5.33. The van der Waals surface area contributed by atoms with Crippen molar-refractivity contribution in [1.29, 1.82) is 0 Å². The second kappa shape index (κ2) is 6.99. The summed E-state index contributed by atoms with van der Waals surface area (Å²) in [5.74, 6) is 0.827. The summed E-state index contributed by atoms with van der Waals surface area (Å²) in [5.41, 5.74) is 1.59. The molecule has 120 valence electrons. The van der Waals surface area contributed by atoms with Crippen molar-refractivity contribution >= 4 is 51.4 Å². The molecular formula is C16H15Cl2N3OS. The fourth-order valence-electron chi connectivity index (χ4n) is 2.52. The van der Waals surface area contributed by atoms with E-state index in [4.69, 9.17) is 23.2 Å². The van der Waals surface area contributed by atoms with Gasteiger partial charge in [-0.3, -0.25) is 4.79 Å². The molecule has 4 nitrogen and oxygen atoms in total. The molecule has 0 aliphatic carbocycles. The van der Waals surface area contributed by atoms with E-state index in [-0.39, 0.29) is 5.91 Å². The minimum atomic E-state index is 0.0287. The third-order valence-electron chi connectivity index (χ3n) is 3.65.